The fourth-order valence-corrected chi connectivity index (χ4v) is 14.5. The number of hydrogen-bond donors (Lipinski definition) is 2. The molecule has 2 heterocycles. The number of nitriles is 1. The third kappa shape index (κ3) is 4.53. The monoisotopic (exact) mass is 676 g/mol. The quantitative estimate of drug-likeness (QED) is 0.316. The maximum atomic E-state index is 15.4. The van der Waals surface area contributed by atoms with E-state index in [0.717, 1.165) is 75.0 Å². The van der Waals surface area contributed by atoms with Crippen LogP contribution in [-0.2, 0) is 4.79 Å². The van der Waals surface area contributed by atoms with Crippen molar-refractivity contribution >= 4 is 5.91 Å². The number of aromatic amines is 1. The van der Waals surface area contributed by atoms with E-state index in [4.69, 9.17) is 4.98 Å². The number of allylic oxidation sites excluding steroid dienone is 1. The van der Waals surface area contributed by atoms with Crippen molar-refractivity contribution in [2.75, 3.05) is 6.54 Å². The van der Waals surface area contributed by atoms with Crippen LogP contribution in [0.4, 0.5) is 0 Å². The summed E-state index contributed by atoms with van der Waals surface area (Å²) >= 11 is 0. The van der Waals surface area contributed by atoms with Gasteiger partial charge in [-0.2, -0.15) is 5.26 Å². The smallest absolute Gasteiger partial charge is 0.229 e. The van der Waals surface area contributed by atoms with Gasteiger partial charge in [0.25, 0.3) is 0 Å². The number of fused-ring (bicyclic) bond motifs is 7. The summed E-state index contributed by atoms with van der Waals surface area (Å²) < 4.78 is 0. The van der Waals surface area contributed by atoms with Crippen molar-refractivity contribution in [3.05, 3.63) is 54.0 Å². The van der Waals surface area contributed by atoms with Crippen molar-refractivity contribution in [2.24, 2.45) is 56.7 Å². The van der Waals surface area contributed by atoms with Crippen LogP contribution in [0.25, 0.3) is 11.3 Å². The molecule has 0 spiro atoms. The minimum Gasteiger partial charge on any atom is -0.393 e. The number of benzene rings is 1. The van der Waals surface area contributed by atoms with Crippen molar-refractivity contribution in [3.63, 3.8) is 0 Å². The van der Waals surface area contributed by atoms with Gasteiger partial charge in [-0.25, -0.2) is 4.98 Å². The zero-order valence-corrected chi connectivity index (χ0v) is 31.5. The molecule has 2 aromatic rings. The molecule has 5 saturated carbocycles. The summed E-state index contributed by atoms with van der Waals surface area (Å²) in [6.07, 6.45) is 14.7. The number of amides is 1. The zero-order chi connectivity index (χ0) is 35.4. The van der Waals surface area contributed by atoms with E-state index in [0.29, 0.717) is 41.1 Å². The molecule has 5 aliphatic carbocycles. The summed E-state index contributed by atoms with van der Waals surface area (Å²) in [4.78, 5) is 26.1. The molecule has 2 N–H and O–H groups in total. The van der Waals surface area contributed by atoms with Crippen molar-refractivity contribution in [1.82, 2.24) is 14.9 Å². The predicted octanol–water partition coefficient (Wildman–Crippen LogP) is 9.63. The Bertz CT molecular complexity index is 1720. The SMILES string of the molecule is C=C(C)[C@@H]1CC[C@]2(C(=O)N3CCCC3c3ncc(-c4ccc(C#N)cc4)[nH]3)CC[C@]3(C)[C@H](CC[C@@H]4[C@@]5(C)CC[C@H](O)C(C)(C)[C@@H]5CC[C@]43C)[C@@H]12. The first-order valence-corrected chi connectivity index (χ1v) is 19.9. The fourth-order valence-electron chi connectivity index (χ4n) is 14.5. The number of rotatable bonds is 4. The van der Waals surface area contributed by atoms with Gasteiger partial charge in [0.2, 0.25) is 5.91 Å². The van der Waals surface area contributed by atoms with Gasteiger partial charge in [-0.15, -0.1) is 0 Å². The molecule has 6 heteroatoms. The van der Waals surface area contributed by atoms with E-state index in [9.17, 15) is 10.4 Å². The molecular weight excluding hydrogens is 617 g/mol. The van der Waals surface area contributed by atoms with Gasteiger partial charge in [-0.3, -0.25) is 4.79 Å². The molecule has 1 aromatic carbocycles. The molecule has 8 rings (SSSR count). The largest absolute Gasteiger partial charge is 0.393 e. The third-order valence-electron chi connectivity index (χ3n) is 17.2. The van der Waals surface area contributed by atoms with Gasteiger partial charge in [0, 0.05) is 6.54 Å². The molecule has 1 unspecified atom stereocenters. The Morgan fingerprint density at radius 3 is 2.42 bits per heavy atom. The first-order chi connectivity index (χ1) is 23.7. The lowest BCUT2D eigenvalue weighted by atomic mass is 9.32. The zero-order valence-electron chi connectivity index (χ0n) is 31.5. The second-order valence-corrected chi connectivity index (χ2v) is 19.2. The van der Waals surface area contributed by atoms with Crippen LogP contribution in [0, 0.1) is 68.0 Å². The van der Waals surface area contributed by atoms with Gasteiger partial charge in [0.1, 0.15) is 5.82 Å². The summed E-state index contributed by atoms with van der Waals surface area (Å²) in [5.74, 6) is 3.73. The molecule has 0 radical (unpaired) electrons. The summed E-state index contributed by atoms with van der Waals surface area (Å²) in [7, 11) is 0. The van der Waals surface area contributed by atoms with E-state index in [1.807, 2.05) is 30.5 Å². The topological polar surface area (TPSA) is 93.0 Å². The highest BCUT2D eigenvalue weighted by molar-refractivity contribution is 5.84. The summed E-state index contributed by atoms with van der Waals surface area (Å²) in [5, 5.41) is 20.4. The van der Waals surface area contributed by atoms with Crippen molar-refractivity contribution in [1.29, 1.82) is 5.26 Å². The standard InChI is InChI=1S/C44H60N4O2/c1-27(2)30-16-21-44(39(50)48-24-8-9-33(48)38-46-26-32(47-38)29-12-10-28(25-45)11-13-29)23-22-42(6)31(37(30)44)14-15-35-41(5)19-18-36(49)40(3,4)34(41)17-20-43(35,42)7/h10-13,26,30-31,33-37,49H,1,8-9,14-24H2,2-7H3,(H,46,47)/t30-,31+,33?,34-,35+,36-,37+,41-,42+,43+,44-/m0/s1. The lowest BCUT2D eigenvalue weighted by Crippen LogP contribution is -2.67. The molecule has 0 bridgehead atoms. The van der Waals surface area contributed by atoms with E-state index in [1.165, 1.54) is 31.3 Å². The third-order valence-corrected chi connectivity index (χ3v) is 17.2. The van der Waals surface area contributed by atoms with Gasteiger partial charge >= 0.3 is 0 Å². The Morgan fingerprint density at radius 2 is 1.70 bits per heavy atom. The number of nitrogens with one attached hydrogen (secondary N) is 1. The molecule has 1 aliphatic heterocycles. The minimum atomic E-state index is -0.333. The average molecular weight is 677 g/mol. The molecule has 6 aliphatic rings. The van der Waals surface area contributed by atoms with Gasteiger partial charge in [-0.05, 0) is 153 Å². The van der Waals surface area contributed by atoms with Crippen molar-refractivity contribution < 1.29 is 9.90 Å². The summed E-state index contributed by atoms with van der Waals surface area (Å²) in [6, 6.07) is 9.79. The second-order valence-electron chi connectivity index (χ2n) is 19.2. The Morgan fingerprint density at radius 1 is 0.940 bits per heavy atom. The Labute approximate surface area is 300 Å². The highest BCUT2D eigenvalue weighted by Gasteiger charge is 2.72. The molecule has 1 aromatic heterocycles. The molecule has 1 saturated heterocycles. The number of aliphatic hydroxyl groups excluding tert-OH is 1. The van der Waals surface area contributed by atoms with E-state index in [1.54, 1.807) is 0 Å². The van der Waals surface area contributed by atoms with Crippen LogP contribution in [0.3, 0.4) is 0 Å². The van der Waals surface area contributed by atoms with Crippen molar-refractivity contribution in [2.45, 2.75) is 131 Å². The number of likely N-dealkylation sites (tertiary alicyclic amines) is 1. The molecule has 11 atom stereocenters. The molecule has 6 fully saturated rings. The Kier molecular flexibility index (Phi) is 7.90. The number of aromatic nitrogens is 2. The first kappa shape index (κ1) is 34.2. The second kappa shape index (κ2) is 11.5. The van der Waals surface area contributed by atoms with Crippen LogP contribution in [0.1, 0.15) is 136 Å². The molecule has 6 nitrogen and oxygen atoms in total. The lowest BCUT2D eigenvalue weighted by molar-refractivity contribution is -0.247. The first-order valence-electron chi connectivity index (χ1n) is 19.9. The Hall–Kier alpha value is -2.91. The lowest BCUT2D eigenvalue weighted by Gasteiger charge is -2.73. The van der Waals surface area contributed by atoms with E-state index in [2.05, 4.69) is 64.1 Å². The summed E-state index contributed by atoms with van der Waals surface area (Å²) in [6.45, 7) is 20.2. The van der Waals surface area contributed by atoms with Gasteiger partial charge < -0.3 is 15.0 Å². The number of hydrogen-bond acceptors (Lipinski definition) is 4. The number of carbonyl (C=O) groups excluding carboxylic acids is 1. The van der Waals surface area contributed by atoms with E-state index >= 15 is 4.79 Å². The minimum absolute atomic E-state index is 0.0321. The van der Waals surface area contributed by atoms with Crippen LogP contribution in [0.2, 0.25) is 0 Å². The number of imidazole rings is 1. The van der Waals surface area contributed by atoms with Crippen LogP contribution < -0.4 is 0 Å². The van der Waals surface area contributed by atoms with E-state index < -0.39 is 0 Å². The fraction of sp³-hybridized carbons (Fsp3) is 0.705. The van der Waals surface area contributed by atoms with Crippen LogP contribution in [0.5, 0.6) is 0 Å². The Balaban J connectivity index is 1.11. The van der Waals surface area contributed by atoms with Crippen LogP contribution in [0.15, 0.2) is 42.6 Å². The van der Waals surface area contributed by atoms with Crippen LogP contribution in [-0.4, -0.2) is 38.5 Å². The predicted molar refractivity (Wildman–Crippen MR) is 197 cm³/mol. The maximum Gasteiger partial charge on any atom is 0.229 e. The molecular formula is C44H60N4O2. The van der Waals surface area contributed by atoms with E-state index in [-0.39, 0.29) is 39.2 Å². The average Bonchev–Trinajstić information content (AvgIpc) is 3.86. The molecule has 1 amide bonds. The summed E-state index contributed by atoms with van der Waals surface area (Å²) in [5.41, 5.74) is 4.13. The number of H-pyrrole nitrogens is 1. The van der Waals surface area contributed by atoms with Crippen molar-refractivity contribution in [3.8, 4) is 17.3 Å². The maximum absolute atomic E-state index is 15.4. The number of carbonyl (C=O) groups is 1. The highest BCUT2D eigenvalue weighted by Crippen LogP contribution is 2.77. The molecule has 50 heavy (non-hydrogen) atoms. The van der Waals surface area contributed by atoms with Crippen LogP contribution >= 0.6 is 0 Å². The number of aliphatic hydroxyl groups is 1. The normalized spacial score (nSPS) is 43.2. The highest BCUT2D eigenvalue weighted by atomic mass is 16.3. The molecule has 268 valence electrons. The van der Waals surface area contributed by atoms with Gasteiger partial charge in [-0.1, -0.05) is 58.9 Å². The van der Waals surface area contributed by atoms with Gasteiger partial charge in [0.05, 0.1) is 41.1 Å². The van der Waals surface area contributed by atoms with Gasteiger partial charge in [0.15, 0.2) is 0 Å². The number of nitrogens with zero attached hydrogens (tertiary/aromatic N) is 3.